The number of carbonyl (C=O) groups is 1. The Balaban J connectivity index is 2.41. The van der Waals surface area contributed by atoms with Gasteiger partial charge in [0, 0.05) is 12.1 Å². The van der Waals surface area contributed by atoms with E-state index in [9.17, 15) is 4.79 Å². The number of carbonyl (C=O) groups excluding carboxylic acids is 1. The van der Waals surface area contributed by atoms with Crippen LogP contribution in [0.5, 0.6) is 11.5 Å². The minimum Gasteiger partial charge on any atom is -0.496 e. The summed E-state index contributed by atoms with van der Waals surface area (Å²) in [6.45, 7) is 2.74. The number of rotatable bonds is 7. The normalized spacial score (nSPS) is 10.8. The summed E-state index contributed by atoms with van der Waals surface area (Å²) in [5.74, 6) is 1.56. The van der Waals surface area contributed by atoms with E-state index in [1.54, 1.807) is 19.2 Å². The molecular weight excluding hydrogens is 324 g/mol. The van der Waals surface area contributed by atoms with Crippen molar-refractivity contribution in [3.05, 3.63) is 24.0 Å². The molecule has 0 atom stereocenters. The first kappa shape index (κ1) is 14.9. The highest BCUT2D eigenvalue weighted by Gasteiger charge is 2.15. The summed E-state index contributed by atoms with van der Waals surface area (Å²) in [6.07, 6.45) is 2.04. The van der Waals surface area contributed by atoms with Gasteiger partial charge in [-0.25, -0.2) is 0 Å². The molecule has 0 spiro atoms. The molecule has 20 heavy (non-hydrogen) atoms. The first-order valence-electron chi connectivity index (χ1n) is 6.53. The molecule has 4 nitrogen and oxygen atoms in total. The van der Waals surface area contributed by atoms with Gasteiger partial charge in [-0.15, -0.1) is 0 Å². The lowest BCUT2D eigenvalue weighted by Gasteiger charge is -2.08. The minimum atomic E-state index is -0.0975. The zero-order valence-corrected chi connectivity index (χ0v) is 13.2. The summed E-state index contributed by atoms with van der Waals surface area (Å²) < 4.78 is 16.6. The molecule has 0 fully saturated rings. The SMILES string of the molecule is CCCCOc1cc(OC)cc2oc(C(=O)CBr)cc12. The smallest absolute Gasteiger partial charge is 0.208 e. The van der Waals surface area contributed by atoms with Crippen LogP contribution in [0.15, 0.2) is 22.6 Å². The number of alkyl halides is 1. The zero-order valence-electron chi connectivity index (χ0n) is 11.6. The number of benzene rings is 1. The maximum Gasteiger partial charge on any atom is 0.208 e. The van der Waals surface area contributed by atoms with E-state index in [0.29, 0.717) is 29.4 Å². The van der Waals surface area contributed by atoms with E-state index >= 15 is 0 Å². The van der Waals surface area contributed by atoms with Gasteiger partial charge in [-0.05, 0) is 12.5 Å². The number of ether oxygens (including phenoxy) is 2. The lowest BCUT2D eigenvalue weighted by Crippen LogP contribution is -1.97. The molecular formula is C15H17BrO4. The van der Waals surface area contributed by atoms with Crippen LogP contribution < -0.4 is 9.47 Å². The van der Waals surface area contributed by atoms with Crippen molar-refractivity contribution in [2.75, 3.05) is 19.0 Å². The first-order valence-corrected chi connectivity index (χ1v) is 7.65. The monoisotopic (exact) mass is 340 g/mol. The predicted octanol–water partition coefficient (Wildman–Crippen LogP) is 4.20. The molecule has 0 N–H and O–H groups in total. The fourth-order valence-electron chi connectivity index (χ4n) is 1.85. The number of furan rings is 1. The third-order valence-electron chi connectivity index (χ3n) is 2.96. The Labute approximate surface area is 126 Å². The zero-order chi connectivity index (χ0) is 14.5. The Morgan fingerprint density at radius 1 is 1.35 bits per heavy atom. The number of halogens is 1. The lowest BCUT2D eigenvalue weighted by molar-refractivity contribution is 0.0995. The molecule has 0 aliphatic rings. The van der Waals surface area contributed by atoms with E-state index in [2.05, 4.69) is 22.9 Å². The molecule has 0 aliphatic carbocycles. The third kappa shape index (κ3) is 3.15. The second kappa shape index (κ2) is 6.79. The van der Waals surface area contributed by atoms with E-state index in [4.69, 9.17) is 13.9 Å². The Kier molecular flexibility index (Phi) is 5.06. The molecule has 108 valence electrons. The van der Waals surface area contributed by atoms with Crippen molar-refractivity contribution in [3.63, 3.8) is 0 Å². The van der Waals surface area contributed by atoms with Gasteiger partial charge >= 0.3 is 0 Å². The van der Waals surface area contributed by atoms with Gasteiger partial charge in [0.2, 0.25) is 5.78 Å². The molecule has 0 unspecified atom stereocenters. The molecule has 0 radical (unpaired) electrons. The maximum atomic E-state index is 11.7. The highest BCUT2D eigenvalue weighted by atomic mass is 79.9. The molecule has 0 aliphatic heterocycles. The van der Waals surface area contributed by atoms with Crippen LogP contribution in [-0.4, -0.2) is 24.8 Å². The topological polar surface area (TPSA) is 48.7 Å². The number of ketones is 1. The largest absolute Gasteiger partial charge is 0.496 e. The van der Waals surface area contributed by atoms with Crippen LogP contribution in [0.4, 0.5) is 0 Å². The van der Waals surface area contributed by atoms with Crippen molar-refractivity contribution in [3.8, 4) is 11.5 Å². The van der Waals surface area contributed by atoms with Gasteiger partial charge in [0.25, 0.3) is 0 Å². The van der Waals surface area contributed by atoms with Crippen molar-refractivity contribution in [1.82, 2.24) is 0 Å². The second-order valence-electron chi connectivity index (χ2n) is 4.41. The maximum absolute atomic E-state index is 11.7. The van der Waals surface area contributed by atoms with Crippen LogP contribution in [0, 0.1) is 0 Å². The number of hydrogen-bond acceptors (Lipinski definition) is 4. The summed E-state index contributed by atoms with van der Waals surface area (Å²) >= 11 is 3.14. The third-order valence-corrected chi connectivity index (χ3v) is 3.47. The highest BCUT2D eigenvalue weighted by molar-refractivity contribution is 9.09. The van der Waals surface area contributed by atoms with Crippen LogP contribution >= 0.6 is 15.9 Å². The summed E-state index contributed by atoms with van der Waals surface area (Å²) in [6, 6.07) is 5.29. The van der Waals surface area contributed by atoms with Crippen LogP contribution in [-0.2, 0) is 0 Å². The van der Waals surface area contributed by atoms with Crippen LogP contribution in [0.25, 0.3) is 11.0 Å². The van der Waals surface area contributed by atoms with Gasteiger partial charge < -0.3 is 13.9 Å². The number of hydrogen-bond donors (Lipinski definition) is 0. The number of methoxy groups -OCH3 is 1. The van der Waals surface area contributed by atoms with Crippen molar-refractivity contribution < 1.29 is 18.7 Å². The van der Waals surface area contributed by atoms with Gasteiger partial charge in [-0.2, -0.15) is 0 Å². The predicted molar refractivity (Wildman–Crippen MR) is 81.3 cm³/mol. The van der Waals surface area contributed by atoms with E-state index in [1.807, 2.05) is 6.07 Å². The Morgan fingerprint density at radius 2 is 2.15 bits per heavy atom. The molecule has 1 aromatic heterocycles. The highest BCUT2D eigenvalue weighted by Crippen LogP contribution is 2.34. The van der Waals surface area contributed by atoms with Crippen molar-refractivity contribution in [2.24, 2.45) is 0 Å². The number of Topliss-reactive ketones (excluding diaryl/α,β-unsaturated/α-hetero) is 1. The van der Waals surface area contributed by atoms with Crippen molar-refractivity contribution in [1.29, 1.82) is 0 Å². The minimum absolute atomic E-state index is 0.0975. The van der Waals surface area contributed by atoms with Crippen molar-refractivity contribution >= 4 is 32.7 Å². The van der Waals surface area contributed by atoms with Gasteiger partial charge in [0.15, 0.2) is 5.76 Å². The van der Waals surface area contributed by atoms with Gasteiger partial charge in [0.05, 0.1) is 24.4 Å². The van der Waals surface area contributed by atoms with Gasteiger partial charge in [0.1, 0.15) is 17.1 Å². The van der Waals surface area contributed by atoms with Crippen LogP contribution in [0.1, 0.15) is 30.3 Å². The molecule has 5 heteroatoms. The van der Waals surface area contributed by atoms with Gasteiger partial charge in [-0.3, -0.25) is 4.79 Å². The van der Waals surface area contributed by atoms with E-state index in [0.717, 1.165) is 18.2 Å². The molecule has 2 rings (SSSR count). The van der Waals surface area contributed by atoms with E-state index in [1.165, 1.54) is 0 Å². The summed E-state index contributed by atoms with van der Waals surface area (Å²) in [4.78, 5) is 11.7. The molecule has 0 bridgehead atoms. The summed E-state index contributed by atoms with van der Waals surface area (Å²) in [5.41, 5.74) is 0.597. The summed E-state index contributed by atoms with van der Waals surface area (Å²) in [5, 5.41) is 1.03. The standard InChI is InChI=1S/C15H17BrO4/c1-3-4-5-19-13-6-10(18-2)7-14-11(13)8-15(20-14)12(17)9-16/h6-8H,3-5,9H2,1-2H3. The lowest BCUT2D eigenvalue weighted by atomic mass is 10.2. The molecule has 0 saturated carbocycles. The molecule has 2 aromatic rings. The number of fused-ring (bicyclic) bond motifs is 1. The van der Waals surface area contributed by atoms with Crippen LogP contribution in [0.2, 0.25) is 0 Å². The molecule has 0 amide bonds. The van der Waals surface area contributed by atoms with Crippen molar-refractivity contribution in [2.45, 2.75) is 19.8 Å². The fourth-order valence-corrected chi connectivity index (χ4v) is 2.13. The second-order valence-corrected chi connectivity index (χ2v) is 4.97. The molecule has 1 aromatic carbocycles. The Bertz CT molecular complexity index is 603. The van der Waals surface area contributed by atoms with Crippen LogP contribution in [0.3, 0.4) is 0 Å². The Morgan fingerprint density at radius 3 is 2.80 bits per heavy atom. The average Bonchev–Trinajstić information content (AvgIpc) is 2.90. The fraction of sp³-hybridized carbons (Fsp3) is 0.400. The first-order chi connectivity index (χ1) is 9.69. The van der Waals surface area contributed by atoms with E-state index in [-0.39, 0.29) is 11.1 Å². The van der Waals surface area contributed by atoms with E-state index < -0.39 is 0 Å². The Hall–Kier alpha value is -1.49. The molecule has 1 heterocycles. The number of unbranched alkanes of at least 4 members (excludes halogenated alkanes) is 1. The average molecular weight is 341 g/mol. The van der Waals surface area contributed by atoms with Gasteiger partial charge in [-0.1, -0.05) is 29.3 Å². The molecule has 0 saturated heterocycles. The quantitative estimate of drug-likeness (QED) is 0.430. The summed E-state index contributed by atoms with van der Waals surface area (Å²) in [7, 11) is 1.59.